The second-order valence-corrected chi connectivity index (χ2v) is 6.96. The molecule has 1 N–H and O–H groups in total. The minimum absolute atomic E-state index is 0.0579. The predicted molar refractivity (Wildman–Crippen MR) is 67.1 cm³/mol. The van der Waals surface area contributed by atoms with Gasteiger partial charge in [-0.15, -0.1) is 0 Å². The molecular formula is C11H14N2O5S. The highest BCUT2D eigenvalue weighted by atomic mass is 32.2. The SMILES string of the molecule is CS(=O)(=O)CCn1c(C2CC2)ncc(C(=O)O)c1=O. The van der Waals surface area contributed by atoms with Gasteiger partial charge in [0.05, 0.1) is 5.75 Å². The number of nitrogens with zero attached hydrogens (tertiary/aromatic N) is 2. The van der Waals surface area contributed by atoms with Crippen LogP contribution in [0.1, 0.15) is 34.9 Å². The van der Waals surface area contributed by atoms with E-state index in [1.165, 1.54) is 4.57 Å². The van der Waals surface area contributed by atoms with Crippen molar-refractivity contribution < 1.29 is 18.3 Å². The lowest BCUT2D eigenvalue weighted by molar-refractivity contribution is 0.0693. The zero-order valence-corrected chi connectivity index (χ0v) is 11.2. The van der Waals surface area contributed by atoms with Gasteiger partial charge in [0.1, 0.15) is 21.2 Å². The van der Waals surface area contributed by atoms with Gasteiger partial charge in [-0.05, 0) is 12.8 Å². The highest BCUT2D eigenvalue weighted by molar-refractivity contribution is 7.90. The van der Waals surface area contributed by atoms with Crippen LogP contribution >= 0.6 is 0 Å². The molecule has 8 heteroatoms. The molecule has 0 spiro atoms. The average Bonchev–Trinajstić information content (AvgIpc) is 3.08. The standard InChI is InChI=1S/C11H14N2O5S/c1-19(17,18)5-4-13-9(7-2-3-7)12-6-8(10(13)14)11(15)16/h6-7H,2-5H2,1H3,(H,15,16). The maximum atomic E-state index is 12.0. The van der Waals surface area contributed by atoms with Crippen molar-refractivity contribution in [2.24, 2.45) is 0 Å². The van der Waals surface area contributed by atoms with E-state index in [0.29, 0.717) is 5.82 Å². The van der Waals surface area contributed by atoms with Crippen molar-refractivity contribution in [3.8, 4) is 0 Å². The van der Waals surface area contributed by atoms with Gasteiger partial charge in [0, 0.05) is 24.9 Å². The fourth-order valence-electron chi connectivity index (χ4n) is 1.79. The smallest absolute Gasteiger partial charge is 0.342 e. The summed E-state index contributed by atoms with van der Waals surface area (Å²) in [6.07, 6.45) is 3.90. The first kappa shape index (κ1) is 13.7. The first-order valence-corrected chi connectivity index (χ1v) is 7.86. The monoisotopic (exact) mass is 286 g/mol. The second kappa shape index (κ2) is 4.76. The lowest BCUT2D eigenvalue weighted by atomic mass is 10.3. The van der Waals surface area contributed by atoms with Crippen LogP contribution in [0.4, 0.5) is 0 Å². The molecule has 0 atom stereocenters. The van der Waals surface area contributed by atoms with Crippen molar-refractivity contribution >= 4 is 15.8 Å². The lowest BCUT2D eigenvalue weighted by Crippen LogP contribution is -2.32. The van der Waals surface area contributed by atoms with Gasteiger partial charge in [-0.3, -0.25) is 9.36 Å². The molecule has 1 aliphatic carbocycles. The highest BCUT2D eigenvalue weighted by Crippen LogP contribution is 2.38. The molecule has 0 radical (unpaired) electrons. The van der Waals surface area contributed by atoms with E-state index in [-0.39, 0.29) is 18.2 Å². The quantitative estimate of drug-likeness (QED) is 0.807. The van der Waals surface area contributed by atoms with Gasteiger partial charge >= 0.3 is 5.97 Å². The Morgan fingerprint density at radius 1 is 1.53 bits per heavy atom. The summed E-state index contributed by atoms with van der Waals surface area (Å²) in [5, 5.41) is 8.89. The van der Waals surface area contributed by atoms with E-state index < -0.39 is 26.9 Å². The molecule has 0 aliphatic heterocycles. The normalized spacial score (nSPS) is 15.4. The van der Waals surface area contributed by atoms with Crippen LogP contribution in [0, 0.1) is 0 Å². The first-order chi connectivity index (χ1) is 8.79. The van der Waals surface area contributed by atoms with Crippen LogP contribution in [0.15, 0.2) is 11.0 Å². The number of carboxylic acids is 1. The minimum Gasteiger partial charge on any atom is -0.477 e. The summed E-state index contributed by atoms with van der Waals surface area (Å²) in [6, 6.07) is 0. The van der Waals surface area contributed by atoms with Crippen molar-refractivity contribution in [2.45, 2.75) is 25.3 Å². The molecule has 1 saturated carbocycles. The predicted octanol–water partition coefficient (Wildman–Crippen LogP) is -0.137. The minimum atomic E-state index is -3.23. The zero-order valence-electron chi connectivity index (χ0n) is 10.4. The van der Waals surface area contributed by atoms with Crippen LogP contribution in [0.25, 0.3) is 0 Å². The van der Waals surface area contributed by atoms with E-state index in [1.54, 1.807) is 0 Å². The maximum Gasteiger partial charge on any atom is 0.342 e. The van der Waals surface area contributed by atoms with E-state index in [9.17, 15) is 18.0 Å². The molecule has 0 saturated heterocycles. The van der Waals surface area contributed by atoms with Crippen LogP contribution in [0.2, 0.25) is 0 Å². The molecule has 19 heavy (non-hydrogen) atoms. The number of rotatable bonds is 5. The Kier molecular flexibility index (Phi) is 3.44. The summed E-state index contributed by atoms with van der Waals surface area (Å²) in [4.78, 5) is 26.9. The third kappa shape index (κ3) is 3.19. The number of aromatic nitrogens is 2. The average molecular weight is 286 g/mol. The largest absolute Gasteiger partial charge is 0.477 e. The first-order valence-electron chi connectivity index (χ1n) is 5.80. The fraction of sp³-hybridized carbons (Fsp3) is 0.545. The van der Waals surface area contributed by atoms with Gasteiger partial charge in [-0.2, -0.15) is 0 Å². The summed E-state index contributed by atoms with van der Waals surface area (Å²) >= 11 is 0. The van der Waals surface area contributed by atoms with Crippen molar-refractivity contribution in [2.75, 3.05) is 12.0 Å². The van der Waals surface area contributed by atoms with Crippen LogP contribution in [-0.2, 0) is 16.4 Å². The van der Waals surface area contributed by atoms with Crippen molar-refractivity contribution in [3.63, 3.8) is 0 Å². The Balaban J connectivity index is 2.44. The van der Waals surface area contributed by atoms with Crippen molar-refractivity contribution in [1.82, 2.24) is 9.55 Å². The number of carbonyl (C=O) groups is 1. The van der Waals surface area contributed by atoms with Gasteiger partial charge in [0.25, 0.3) is 5.56 Å². The van der Waals surface area contributed by atoms with Gasteiger partial charge in [0.15, 0.2) is 0 Å². The van der Waals surface area contributed by atoms with E-state index in [4.69, 9.17) is 5.11 Å². The summed E-state index contributed by atoms with van der Waals surface area (Å²) in [5.74, 6) is -0.945. The molecule has 1 heterocycles. The second-order valence-electron chi connectivity index (χ2n) is 4.70. The molecule has 7 nitrogen and oxygen atoms in total. The van der Waals surface area contributed by atoms with Crippen molar-refractivity contribution in [3.05, 3.63) is 27.9 Å². The summed E-state index contributed by atoms with van der Waals surface area (Å²) in [6.45, 7) is -0.0579. The van der Waals surface area contributed by atoms with E-state index >= 15 is 0 Å². The topological polar surface area (TPSA) is 106 Å². The van der Waals surface area contributed by atoms with Gasteiger partial charge in [-0.25, -0.2) is 18.2 Å². The number of hydrogen-bond donors (Lipinski definition) is 1. The summed E-state index contributed by atoms with van der Waals surface area (Å²) in [7, 11) is -3.23. The molecule has 1 aromatic heterocycles. The zero-order chi connectivity index (χ0) is 14.2. The third-order valence-corrected chi connectivity index (χ3v) is 3.86. The van der Waals surface area contributed by atoms with Crippen LogP contribution in [0.3, 0.4) is 0 Å². The Labute approximate surface area is 109 Å². The molecule has 0 aromatic carbocycles. The Morgan fingerprint density at radius 3 is 2.63 bits per heavy atom. The molecule has 1 aromatic rings. The third-order valence-electron chi connectivity index (χ3n) is 2.94. The molecule has 1 fully saturated rings. The molecule has 1 aliphatic rings. The highest BCUT2D eigenvalue weighted by Gasteiger charge is 2.29. The Hall–Kier alpha value is -1.70. The molecule has 0 bridgehead atoms. The number of aromatic carboxylic acids is 1. The van der Waals surface area contributed by atoms with E-state index in [1.807, 2.05) is 0 Å². The van der Waals surface area contributed by atoms with Gasteiger partial charge < -0.3 is 5.11 Å². The van der Waals surface area contributed by atoms with Crippen molar-refractivity contribution in [1.29, 1.82) is 0 Å². The van der Waals surface area contributed by atoms with Crippen LogP contribution in [0.5, 0.6) is 0 Å². The number of sulfone groups is 1. The fourth-order valence-corrected chi connectivity index (χ4v) is 2.31. The summed E-state index contributed by atoms with van der Waals surface area (Å²) in [5.41, 5.74) is -1.12. The summed E-state index contributed by atoms with van der Waals surface area (Å²) < 4.78 is 23.5. The molecular weight excluding hydrogens is 272 g/mol. The Morgan fingerprint density at radius 2 is 2.16 bits per heavy atom. The van der Waals surface area contributed by atoms with Crippen LogP contribution in [-0.4, -0.2) is 41.1 Å². The maximum absolute atomic E-state index is 12.0. The number of hydrogen-bond acceptors (Lipinski definition) is 5. The van der Waals surface area contributed by atoms with Crippen LogP contribution < -0.4 is 5.56 Å². The molecule has 2 rings (SSSR count). The molecule has 0 unspecified atom stereocenters. The van der Waals surface area contributed by atoms with E-state index in [0.717, 1.165) is 25.3 Å². The lowest BCUT2D eigenvalue weighted by Gasteiger charge is -2.11. The number of carboxylic acid groups (broad SMARTS) is 1. The molecule has 104 valence electrons. The Bertz CT molecular complexity index is 673. The van der Waals surface area contributed by atoms with Gasteiger partial charge in [0.2, 0.25) is 0 Å². The van der Waals surface area contributed by atoms with E-state index in [2.05, 4.69) is 4.98 Å². The van der Waals surface area contributed by atoms with Gasteiger partial charge in [-0.1, -0.05) is 0 Å². The molecule has 0 amide bonds.